The maximum atomic E-state index is 9.04. The van der Waals surface area contributed by atoms with Crippen LogP contribution in [0.25, 0.3) is 10.9 Å². The minimum atomic E-state index is 0.139. The maximum Gasteiger partial charge on any atom is 0.120 e. The van der Waals surface area contributed by atoms with Gasteiger partial charge in [-0.15, -0.1) is 6.58 Å². The molecule has 1 heterocycles. The van der Waals surface area contributed by atoms with Crippen molar-refractivity contribution in [1.29, 1.82) is 0 Å². The van der Waals surface area contributed by atoms with Gasteiger partial charge in [0, 0.05) is 18.5 Å². The third-order valence-corrected chi connectivity index (χ3v) is 3.31. The largest absolute Gasteiger partial charge is 0.395 e. The minimum Gasteiger partial charge on any atom is -0.395 e. The van der Waals surface area contributed by atoms with Crippen molar-refractivity contribution in [1.82, 2.24) is 4.37 Å². The Morgan fingerprint density at radius 1 is 1.44 bits per heavy atom. The smallest absolute Gasteiger partial charge is 0.120 e. The van der Waals surface area contributed by atoms with Crippen molar-refractivity contribution in [2.45, 2.75) is 0 Å². The highest BCUT2D eigenvalue weighted by Crippen LogP contribution is 2.30. The third kappa shape index (κ3) is 2.08. The first-order valence-electron chi connectivity index (χ1n) is 5.18. The van der Waals surface area contributed by atoms with Gasteiger partial charge in [0.15, 0.2) is 0 Å². The highest BCUT2D eigenvalue weighted by atomic mass is 32.1. The lowest BCUT2D eigenvalue weighted by Crippen LogP contribution is -2.25. The first-order chi connectivity index (χ1) is 7.86. The lowest BCUT2D eigenvalue weighted by molar-refractivity contribution is 0.303. The molecule has 0 saturated heterocycles. The summed E-state index contributed by atoms with van der Waals surface area (Å²) in [6.45, 7) is 5.21. The van der Waals surface area contributed by atoms with Crippen LogP contribution in [0.4, 0.5) is 5.00 Å². The van der Waals surface area contributed by atoms with Crippen LogP contribution < -0.4 is 4.90 Å². The molecule has 0 aliphatic carbocycles. The molecule has 0 aliphatic rings. The van der Waals surface area contributed by atoms with Gasteiger partial charge in [-0.05, 0) is 23.7 Å². The first-order valence-corrected chi connectivity index (χ1v) is 5.95. The molecule has 84 valence electrons. The number of fused-ring (bicyclic) bond motifs is 1. The highest BCUT2D eigenvalue weighted by molar-refractivity contribution is 7.11. The Kier molecular flexibility index (Phi) is 3.54. The Balaban J connectivity index is 2.39. The van der Waals surface area contributed by atoms with Crippen molar-refractivity contribution in [3.63, 3.8) is 0 Å². The maximum absolute atomic E-state index is 9.04. The van der Waals surface area contributed by atoms with Crippen LogP contribution in [-0.2, 0) is 0 Å². The Hall–Kier alpha value is -1.39. The second-order valence-electron chi connectivity index (χ2n) is 3.46. The summed E-state index contributed by atoms with van der Waals surface area (Å²) in [5.74, 6) is 0. The van der Waals surface area contributed by atoms with E-state index in [0.29, 0.717) is 6.54 Å². The number of benzene rings is 1. The Bertz CT molecular complexity index is 481. The van der Waals surface area contributed by atoms with E-state index in [4.69, 9.17) is 5.11 Å². The monoisotopic (exact) mass is 234 g/mol. The summed E-state index contributed by atoms with van der Waals surface area (Å²) in [6.07, 6.45) is 1.84. The van der Waals surface area contributed by atoms with Crippen LogP contribution in [0.3, 0.4) is 0 Å². The molecule has 0 atom stereocenters. The zero-order chi connectivity index (χ0) is 11.4. The number of aromatic nitrogens is 1. The minimum absolute atomic E-state index is 0.139. The summed E-state index contributed by atoms with van der Waals surface area (Å²) in [6, 6.07) is 8.04. The van der Waals surface area contributed by atoms with Gasteiger partial charge in [0.25, 0.3) is 0 Å². The first kappa shape index (κ1) is 11.1. The molecule has 0 aliphatic heterocycles. The molecule has 3 nitrogen and oxygen atoms in total. The van der Waals surface area contributed by atoms with Gasteiger partial charge >= 0.3 is 0 Å². The molecular weight excluding hydrogens is 220 g/mol. The number of hydrogen-bond donors (Lipinski definition) is 1. The van der Waals surface area contributed by atoms with Gasteiger partial charge < -0.3 is 10.0 Å². The lowest BCUT2D eigenvalue weighted by atomic mass is 10.2. The SMILES string of the molecule is C=CCN(CCO)c1snc2ccccc12. The van der Waals surface area contributed by atoms with Gasteiger partial charge in [-0.25, -0.2) is 0 Å². The molecule has 0 spiro atoms. The fraction of sp³-hybridized carbons (Fsp3) is 0.250. The number of aliphatic hydroxyl groups excluding tert-OH is 1. The van der Waals surface area contributed by atoms with E-state index >= 15 is 0 Å². The topological polar surface area (TPSA) is 36.4 Å². The fourth-order valence-electron chi connectivity index (χ4n) is 1.66. The van der Waals surface area contributed by atoms with E-state index in [-0.39, 0.29) is 6.61 Å². The average molecular weight is 234 g/mol. The van der Waals surface area contributed by atoms with E-state index < -0.39 is 0 Å². The molecule has 2 aromatic rings. The number of hydrogen-bond acceptors (Lipinski definition) is 4. The van der Waals surface area contributed by atoms with Crippen LogP contribution >= 0.6 is 11.5 Å². The summed E-state index contributed by atoms with van der Waals surface area (Å²) in [5, 5.41) is 11.3. The molecule has 16 heavy (non-hydrogen) atoms. The molecule has 0 unspecified atom stereocenters. The van der Waals surface area contributed by atoms with E-state index in [2.05, 4.69) is 21.9 Å². The van der Waals surface area contributed by atoms with Crippen molar-refractivity contribution < 1.29 is 5.11 Å². The Labute approximate surface area is 98.8 Å². The predicted octanol–water partition coefficient (Wildman–Crippen LogP) is 2.28. The molecule has 0 saturated carbocycles. The van der Waals surface area contributed by atoms with Crippen molar-refractivity contribution in [2.75, 3.05) is 24.6 Å². The van der Waals surface area contributed by atoms with Gasteiger partial charge in [-0.1, -0.05) is 18.2 Å². The zero-order valence-corrected chi connectivity index (χ0v) is 9.78. The predicted molar refractivity (Wildman–Crippen MR) is 69.1 cm³/mol. The van der Waals surface area contributed by atoms with E-state index in [1.807, 2.05) is 24.3 Å². The second-order valence-corrected chi connectivity index (χ2v) is 4.22. The molecule has 0 radical (unpaired) electrons. The number of aliphatic hydroxyl groups is 1. The molecule has 1 N–H and O–H groups in total. The van der Waals surface area contributed by atoms with Crippen LogP contribution in [0.2, 0.25) is 0 Å². The van der Waals surface area contributed by atoms with E-state index in [1.165, 1.54) is 11.5 Å². The van der Waals surface area contributed by atoms with Gasteiger partial charge in [-0.3, -0.25) is 0 Å². The van der Waals surface area contributed by atoms with Gasteiger partial charge in [-0.2, -0.15) is 4.37 Å². The summed E-state index contributed by atoms with van der Waals surface area (Å²) in [7, 11) is 0. The molecule has 4 heteroatoms. The summed E-state index contributed by atoms with van der Waals surface area (Å²) in [4.78, 5) is 2.09. The number of anilines is 1. The zero-order valence-electron chi connectivity index (χ0n) is 8.97. The third-order valence-electron chi connectivity index (χ3n) is 2.37. The molecular formula is C12H14N2OS. The van der Waals surface area contributed by atoms with Crippen LogP contribution in [0.1, 0.15) is 0 Å². The normalized spacial score (nSPS) is 10.6. The molecule has 1 aromatic carbocycles. The highest BCUT2D eigenvalue weighted by Gasteiger charge is 2.11. The molecule has 2 rings (SSSR count). The molecule has 0 bridgehead atoms. The van der Waals surface area contributed by atoms with E-state index in [9.17, 15) is 0 Å². The van der Waals surface area contributed by atoms with Crippen molar-refractivity contribution in [3.8, 4) is 0 Å². The van der Waals surface area contributed by atoms with Crippen molar-refractivity contribution in [3.05, 3.63) is 36.9 Å². The lowest BCUT2D eigenvalue weighted by Gasteiger charge is -2.19. The van der Waals surface area contributed by atoms with Crippen LogP contribution in [-0.4, -0.2) is 29.2 Å². The van der Waals surface area contributed by atoms with E-state index in [1.54, 1.807) is 0 Å². The van der Waals surface area contributed by atoms with Crippen LogP contribution in [0.15, 0.2) is 36.9 Å². The number of rotatable bonds is 5. The van der Waals surface area contributed by atoms with Gasteiger partial charge in [0.2, 0.25) is 0 Å². The molecule has 1 aromatic heterocycles. The summed E-state index contributed by atoms with van der Waals surface area (Å²) < 4.78 is 4.39. The van der Waals surface area contributed by atoms with Gasteiger partial charge in [0.1, 0.15) is 5.00 Å². The van der Waals surface area contributed by atoms with E-state index in [0.717, 1.165) is 22.4 Å². The quantitative estimate of drug-likeness (QED) is 0.806. The average Bonchev–Trinajstić information content (AvgIpc) is 2.72. The van der Waals surface area contributed by atoms with Crippen LogP contribution in [0.5, 0.6) is 0 Å². The van der Waals surface area contributed by atoms with Crippen molar-refractivity contribution in [2.24, 2.45) is 0 Å². The molecule has 0 fully saturated rings. The van der Waals surface area contributed by atoms with Gasteiger partial charge in [0.05, 0.1) is 12.1 Å². The summed E-state index contributed by atoms with van der Waals surface area (Å²) >= 11 is 1.47. The standard InChI is InChI=1S/C12H14N2OS/c1-2-7-14(8-9-15)12-10-5-3-4-6-11(10)13-16-12/h2-6,15H,1,7-9H2. The van der Waals surface area contributed by atoms with Crippen LogP contribution in [0, 0.1) is 0 Å². The summed E-state index contributed by atoms with van der Waals surface area (Å²) in [5.41, 5.74) is 1.01. The second kappa shape index (κ2) is 5.09. The molecule has 0 amide bonds. The fourth-order valence-corrected chi connectivity index (χ4v) is 2.55. The Morgan fingerprint density at radius 2 is 2.25 bits per heavy atom. The number of nitrogens with zero attached hydrogens (tertiary/aromatic N) is 2. The Morgan fingerprint density at radius 3 is 3.00 bits per heavy atom. The van der Waals surface area contributed by atoms with Crippen molar-refractivity contribution >= 4 is 27.4 Å².